The van der Waals surface area contributed by atoms with Crippen LogP contribution in [-0.2, 0) is 20.0 Å². The molecule has 0 bridgehead atoms. The number of hydrogen-bond acceptors (Lipinski definition) is 6. The number of carbonyl (C=O) groups excluding carboxylic acids is 1. The van der Waals surface area contributed by atoms with Crippen LogP contribution in [0.4, 0.5) is 0 Å². The number of ether oxygens (including phenoxy) is 1. The van der Waals surface area contributed by atoms with Gasteiger partial charge in [-0.25, -0.2) is 4.98 Å². The highest BCUT2D eigenvalue weighted by atomic mass is 32.1. The molecule has 1 aromatic carbocycles. The Balaban J connectivity index is 1.07. The summed E-state index contributed by atoms with van der Waals surface area (Å²) in [5.74, 6) is 1.58. The Morgan fingerprint density at radius 1 is 1.21 bits per heavy atom. The van der Waals surface area contributed by atoms with Gasteiger partial charge < -0.3 is 4.74 Å². The largest absolute Gasteiger partial charge is 0.470 e. The van der Waals surface area contributed by atoms with E-state index in [1.807, 2.05) is 31.4 Å². The van der Waals surface area contributed by atoms with Gasteiger partial charge in [0.25, 0.3) is 5.19 Å². The third-order valence-electron chi connectivity index (χ3n) is 7.48. The summed E-state index contributed by atoms with van der Waals surface area (Å²) < 4.78 is 7.54. The second-order valence-corrected chi connectivity index (χ2v) is 11.1. The monoisotopic (exact) mass is 480 g/mol. The molecule has 1 aliphatic carbocycles. The van der Waals surface area contributed by atoms with Crippen molar-refractivity contribution in [1.29, 1.82) is 0 Å². The quantitative estimate of drug-likeness (QED) is 0.371. The van der Waals surface area contributed by atoms with Gasteiger partial charge in [0, 0.05) is 48.6 Å². The van der Waals surface area contributed by atoms with Crippen LogP contribution in [0.1, 0.15) is 72.8 Å². The fourth-order valence-corrected chi connectivity index (χ4v) is 6.47. The number of nitrogens with zero attached hydrogens (tertiary/aromatic N) is 4. The van der Waals surface area contributed by atoms with Crippen LogP contribution in [0.3, 0.4) is 0 Å². The molecule has 3 heterocycles. The Hall–Kier alpha value is -2.25. The first-order valence-corrected chi connectivity index (χ1v) is 13.7. The van der Waals surface area contributed by atoms with Gasteiger partial charge in [0.2, 0.25) is 0 Å². The van der Waals surface area contributed by atoms with Crippen molar-refractivity contribution in [1.82, 2.24) is 19.7 Å². The minimum Gasteiger partial charge on any atom is -0.470 e. The molecule has 1 fully saturated rings. The molecule has 6 nitrogen and oxygen atoms in total. The Labute approximate surface area is 206 Å². The molecule has 2 aliphatic rings. The van der Waals surface area contributed by atoms with Crippen LogP contribution in [0.5, 0.6) is 5.19 Å². The number of benzene rings is 1. The van der Waals surface area contributed by atoms with E-state index in [0.717, 1.165) is 66.7 Å². The van der Waals surface area contributed by atoms with E-state index in [1.165, 1.54) is 42.7 Å². The molecule has 2 aromatic heterocycles. The van der Waals surface area contributed by atoms with Crippen molar-refractivity contribution in [2.24, 2.45) is 18.9 Å². The highest BCUT2D eigenvalue weighted by Crippen LogP contribution is 2.35. The van der Waals surface area contributed by atoms with Gasteiger partial charge in [-0.15, -0.1) is 0 Å². The van der Waals surface area contributed by atoms with Gasteiger partial charge in [-0.05, 0) is 56.6 Å². The van der Waals surface area contributed by atoms with E-state index in [1.54, 1.807) is 16.0 Å². The highest BCUT2D eigenvalue weighted by Gasteiger charge is 2.26. The number of Topliss-reactive ketones (excluding diaryl/α,β-unsaturated/α-hetero) is 1. The Bertz CT molecular complexity index is 1130. The maximum atomic E-state index is 13.1. The van der Waals surface area contributed by atoms with Gasteiger partial charge in [0.15, 0.2) is 5.78 Å². The molecule has 0 saturated heterocycles. The Morgan fingerprint density at radius 3 is 2.85 bits per heavy atom. The lowest BCUT2D eigenvalue weighted by molar-refractivity contribution is 0.0941. The van der Waals surface area contributed by atoms with Gasteiger partial charge in [-0.3, -0.25) is 14.4 Å². The van der Waals surface area contributed by atoms with Gasteiger partial charge in [0.05, 0.1) is 17.8 Å². The van der Waals surface area contributed by atoms with Crippen LogP contribution >= 0.6 is 11.3 Å². The SMILES string of the molecule is CCCOc1nc2c(s1)CCN(CCC1CCC(CC(=O)c3cccc4nn(C)cc34)CC1)C2. The second kappa shape index (κ2) is 10.6. The van der Waals surface area contributed by atoms with Gasteiger partial charge in [-0.2, -0.15) is 5.10 Å². The Kier molecular flexibility index (Phi) is 7.30. The molecule has 1 saturated carbocycles. The van der Waals surface area contributed by atoms with Gasteiger partial charge >= 0.3 is 0 Å². The van der Waals surface area contributed by atoms with Gasteiger partial charge in [-0.1, -0.05) is 43.2 Å². The zero-order valence-corrected chi connectivity index (χ0v) is 21.3. The number of ketones is 1. The van der Waals surface area contributed by atoms with E-state index in [4.69, 9.17) is 9.72 Å². The fraction of sp³-hybridized carbons (Fsp3) is 0.593. The minimum absolute atomic E-state index is 0.275. The highest BCUT2D eigenvalue weighted by molar-refractivity contribution is 7.13. The van der Waals surface area contributed by atoms with Crippen molar-refractivity contribution in [3.8, 4) is 5.19 Å². The van der Waals surface area contributed by atoms with Crippen LogP contribution in [0.15, 0.2) is 24.4 Å². The third kappa shape index (κ3) is 5.36. The number of rotatable bonds is 9. The summed E-state index contributed by atoms with van der Waals surface area (Å²) in [6.07, 6.45) is 10.9. The van der Waals surface area contributed by atoms with Gasteiger partial charge in [0.1, 0.15) is 0 Å². The number of aromatic nitrogens is 3. The standard InChI is InChI=1S/C27H36N4O2S/c1-3-15-33-27-28-24-18-31(14-12-26(24)34-27)13-11-19-7-9-20(10-8-19)16-25(32)21-5-4-6-23-22(21)17-30(2)29-23/h4-6,17,19-20H,3,7-16,18H2,1-2H3. The molecular formula is C27H36N4O2S. The average molecular weight is 481 g/mol. The predicted octanol–water partition coefficient (Wildman–Crippen LogP) is 5.65. The molecule has 182 valence electrons. The average Bonchev–Trinajstić information content (AvgIpc) is 3.43. The normalized spacial score (nSPS) is 21.0. The van der Waals surface area contributed by atoms with E-state index >= 15 is 0 Å². The lowest BCUT2D eigenvalue weighted by Crippen LogP contribution is -2.32. The van der Waals surface area contributed by atoms with E-state index < -0.39 is 0 Å². The molecule has 0 unspecified atom stereocenters. The molecular weight excluding hydrogens is 444 g/mol. The summed E-state index contributed by atoms with van der Waals surface area (Å²) in [7, 11) is 1.91. The van der Waals surface area contributed by atoms with Crippen LogP contribution in [-0.4, -0.2) is 45.1 Å². The van der Waals surface area contributed by atoms with Crippen molar-refractivity contribution in [3.05, 3.63) is 40.5 Å². The first-order valence-electron chi connectivity index (χ1n) is 12.9. The number of carbonyl (C=O) groups is 1. The summed E-state index contributed by atoms with van der Waals surface area (Å²) in [5, 5.41) is 6.28. The Morgan fingerprint density at radius 2 is 2.03 bits per heavy atom. The minimum atomic E-state index is 0.275. The lowest BCUT2D eigenvalue weighted by atomic mass is 9.78. The van der Waals surface area contributed by atoms with E-state index in [2.05, 4.69) is 16.9 Å². The molecule has 0 N–H and O–H groups in total. The van der Waals surface area contributed by atoms with Crippen molar-refractivity contribution in [2.45, 2.75) is 64.8 Å². The van der Waals surface area contributed by atoms with Crippen molar-refractivity contribution in [2.75, 3.05) is 19.7 Å². The molecule has 0 radical (unpaired) electrons. The summed E-state index contributed by atoms with van der Waals surface area (Å²) in [6.45, 7) is 6.13. The van der Waals surface area contributed by atoms with E-state index in [0.29, 0.717) is 12.3 Å². The smallest absolute Gasteiger partial charge is 0.273 e. The van der Waals surface area contributed by atoms with Crippen LogP contribution in [0.2, 0.25) is 0 Å². The predicted molar refractivity (Wildman–Crippen MR) is 137 cm³/mol. The molecule has 1 aliphatic heterocycles. The fourth-order valence-electron chi connectivity index (χ4n) is 5.54. The maximum absolute atomic E-state index is 13.1. The first kappa shape index (κ1) is 23.5. The maximum Gasteiger partial charge on any atom is 0.273 e. The molecule has 0 amide bonds. The summed E-state index contributed by atoms with van der Waals surface area (Å²) in [6, 6.07) is 5.89. The van der Waals surface area contributed by atoms with Crippen LogP contribution < -0.4 is 4.74 Å². The zero-order chi connectivity index (χ0) is 23.5. The summed E-state index contributed by atoms with van der Waals surface area (Å²) >= 11 is 1.74. The lowest BCUT2D eigenvalue weighted by Gasteiger charge is -2.31. The molecule has 0 atom stereocenters. The second-order valence-electron chi connectivity index (χ2n) is 10.1. The topological polar surface area (TPSA) is 60.2 Å². The molecule has 7 heteroatoms. The number of thiazole rings is 1. The number of hydrogen-bond donors (Lipinski definition) is 0. The van der Waals surface area contributed by atoms with E-state index in [-0.39, 0.29) is 5.78 Å². The first-order chi connectivity index (χ1) is 16.6. The van der Waals surface area contributed by atoms with Crippen LogP contribution in [0.25, 0.3) is 10.9 Å². The molecule has 34 heavy (non-hydrogen) atoms. The van der Waals surface area contributed by atoms with Crippen molar-refractivity contribution < 1.29 is 9.53 Å². The zero-order valence-electron chi connectivity index (χ0n) is 20.5. The molecule has 3 aromatic rings. The number of aryl methyl sites for hydroxylation is 1. The summed E-state index contributed by atoms with van der Waals surface area (Å²) in [5.41, 5.74) is 2.97. The van der Waals surface area contributed by atoms with Crippen LogP contribution in [0, 0.1) is 11.8 Å². The van der Waals surface area contributed by atoms with Crippen molar-refractivity contribution >= 4 is 28.0 Å². The summed E-state index contributed by atoms with van der Waals surface area (Å²) in [4.78, 5) is 21.8. The molecule has 5 rings (SSSR count). The molecule has 0 spiro atoms. The van der Waals surface area contributed by atoms with E-state index in [9.17, 15) is 4.79 Å². The number of fused-ring (bicyclic) bond motifs is 2. The third-order valence-corrected chi connectivity index (χ3v) is 8.55. The van der Waals surface area contributed by atoms with Crippen molar-refractivity contribution in [3.63, 3.8) is 0 Å².